The Bertz CT molecular complexity index is 855. The van der Waals surface area contributed by atoms with Crippen LogP contribution in [0.2, 0.25) is 5.02 Å². The Balaban J connectivity index is 0.000000167. The summed E-state index contributed by atoms with van der Waals surface area (Å²) in [7, 11) is 0. The topological polar surface area (TPSA) is 115 Å². The van der Waals surface area contributed by atoms with Crippen LogP contribution in [0, 0.1) is 12.8 Å². The number of H-pyrrole nitrogens is 1. The molecule has 2 heterocycles. The van der Waals surface area contributed by atoms with Crippen LogP contribution in [0.15, 0.2) is 36.9 Å². The molecule has 4 atom stereocenters. The second-order valence-electron chi connectivity index (χ2n) is 6.36. The van der Waals surface area contributed by atoms with Crippen LogP contribution in [0.25, 0.3) is 11.2 Å². The van der Waals surface area contributed by atoms with E-state index in [-0.39, 0.29) is 5.92 Å². The average molecular weight is 377 g/mol. The van der Waals surface area contributed by atoms with Gasteiger partial charge in [-0.05, 0) is 37.5 Å². The van der Waals surface area contributed by atoms with Gasteiger partial charge in [0.2, 0.25) is 0 Å². The largest absolute Gasteiger partial charge is 0.390 e. The lowest BCUT2D eigenvalue weighted by molar-refractivity contribution is -0.0210. The predicted molar refractivity (Wildman–Crippen MR) is 97.6 cm³/mol. The third-order valence-corrected chi connectivity index (χ3v) is 4.91. The fourth-order valence-electron chi connectivity index (χ4n) is 3.13. The molecule has 1 aromatic carbocycles. The first kappa shape index (κ1) is 18.7. The van der Waals surface area contributed by atoms with Crippen molar-refractivity contribution in [3.63, 3.8) is 0 Å². The standard InChI is InChI=1S/C12H15ClO3.C6H6N4/c13-8-3-1-7(2-4-8)11(15)9-5-6-10(14)12(9)16;1-4-5-6(9-2-7-4)10-3-8-5/h1-4,9-12,14-16H,5-6H2;2-3H,1H3,(H,7,8,9,10). The van der Waals surface area contributed by atoms with E-state index in [0.29, 0.717) is 17.9 Å². The van der Waals surface area contributed by atoms with E-state index in [2.05, 4.69) is 19.9 Å². The van der Waals surface area contributed by atoms with Crippen molar-refractivity contribution in [1.82, 2.24) is 19.9 Å². The summed E-state index contributed by atoms with van der Waals surface area (Å²) in [4.78, 5) is 14.9. The molecule has 0 spiro atoms. The van der Waals surface area contributed by atoms with Crippen molar-refractivity contribution >= 4 is 22.8 Å². The number of aliphatic hydroxyl groups is 3. The number of benzene rings is 1. The monoisotopic (exact) mass is 376 g/mol. The van der Waals surface area contributed by atoms with Gasteiger partial charge in [-0.2, -0.15) is 0 Å². The van der Waals surface area contributed by atoms with Gasteiger partial charge in [-0.1, -0.05) is 23.7 Å². The maximum absolute atomic E-state index is 10.1. The summed E-state index contributed by atoms with van der Waals surface area (Å²) in [6, 6.07) is 6.89. The highest BCUT2D eigenvalue weighted by Gasteiger charge is 2.38. The Morgan fingerprint density at radius 3 is 2.46 bits per heavy atom. The Morgan fingerprint density at radius 2 is 1.85 bits per heavy atom. The van der Waals surface area contributed by atoms with E-state index in [4.69, 9.17) is 11.6 Å². The van der Waals surface area contributed by atoms with Gasteiger partial charge in [0, 0.05) is 10.9 Å². The quantitative estimate of drug-likeness (QED) is 0.545. The number of nitrogens with one attached hydrogen (secondary N) is 1. The predicted octanol–water partition coefficient (Wildman–Crippen LogP) is 2.17. The van der Waals surface area contributed by atoms with Gasteiger partial charge in [0.15, 0.2) is 5.65 Å². The van der Waals surface area contributed by atoms with Crippen molar-refractivity contribution in [3.05, 3.63) is 53.2 Å². The number of aromatic amines is 1. The molecule has 4 N–H and O–H groups in total. The van der Waals surface area contributed by atoms with Crippen molar-refractivity contribution in [1.29, 1.82) is 0 Å². The fourth-order valence-corrected chi connectivity index (χ4v) is 3.25. The SMILES string of the molecule is Cc1ncnc2nc[nH]c12.OC1CCC(C(O)c2ccc(Cl)cc2)C1O. The summed E-state index contributed by atoms with van der Waals surface area (Å²) in [5.74, 6) is -0.295. The van der Waals surface area contributed by atoms with Crippen LogP contribution in [0.4, 0.5) is 0 Å². The molecule has 3 aromatic rings. The number of hydrogen-bond donors (Lipinski definition) is 4. The van der Waals surface area contributed by atoms with Gasteiger partial charge < -0.3 is 20.3 Å². The van der Waals surface area contributed by atoms with Crippen LogP contribution in [0.5, 0.6) is 0 Å². The second kappa shape index (κ2) is 8.09. The molecule has 4 rings (SSSR count). The highest BCUT2D eigenvalue weighted by Crippen LogP contribution is 2.36. The highest BCUT2D eigenvalue weighted by molar-refractivity contribution is 6.30. The van der Waals surface area contributed by atoms with Gasteiger partial charge in [0.1, 0.15) is 11.8 Å². The third-order valence-electron chi connectivity index (χ3n) is 4.66. The van der Waals surface area contributed by atoms with E-state index >= 15 is 0 Å². The Kier molecular flexibility index (Phi) is 5.83. The zero-order valence-electron chi connectivity index (χ0n) is 14.2. The van der Waals surface area contributed by atoms with Crippen molar-refractivity contribution in [3.8, 4) is 0 Å². The van der Waals surface area contributed by atoms with E-state index < -0.39 is 18.3 Å². The second-order valence-corrected chi connectivity index (χ2v) is 6.79. The molecular formula is C18H21ClN4O3. The van der Waals surface area contributed by atoms with E-state index in [0.717, 1.165) is 22.4 Å². The van der Waals surface area contributed by atoms with E-state index in [1.807, 2.05) is 6.92 Å². The van der Waals surface area contributed by atoms with E-state index in [9.17, 15) is 15.3 Å². The molecule has 4 unspecified atom stereocenters. The number of nitrogens with zero attached hydrogens (tertiary/aromatic N) is 3. The molecular weight excluding hydrogens is 356 g/mol. The first-order valence-corrected chi connectivity index (χ1v) is 8.75. The number of aryl methyl sites for hydroxylation is 1. The van der Waals surface area contributed by atoms with E-state index in [1.54, 1.807) is 30.6 Å². The Hall–Kier alpha value is -2.06. The molecule has 0 aliphatic heterocycles. The van der Waals surface area contributed by atoms with Gasteiger partial charge in [-0.3, -0.25) is 0 Å². The van der Waals surface area contributed by atoms with Gasteiger partial charge >= 0.3 is 0 Å². The number of imidazole rings is 1. The minimum Gasteiger partial charge on any atom is -0.390 e. The molecule has 1 aliphatic carbocycles. The van der Waals surface area contributed by atoms with Crippen molar-refractivity contribution < 1.29 is 15.3 Å². The summed E-state index contributed by atoms with van der Waals surface area (Å²) in [6.45, 7) is 1.92. The summed E-state index contributed by atoms with van der Waals surface area (Å²) in [5, 5.41) is 29.8. The molecule has 0 radical (unpaired) electrons. The van der Waals surface area contributed by atoms with E-state index in [1.165, 1.54) is 6.33 Å². The van der Waals surface area contributed by atoms with Crippen LogP contribution >= 0.6 is 11.6 Å². The van der Waals surface area contributed by atoms with Crippen LogP contribution < -0.4 is 0 Å². The van der Waals surface area contributed by atoms with Crippen LogP contribution in [0.1, 0.15) is 30.2 Å². The summed E-state index contributed by atoms with van der Waals surface area (Å²) >= 11 is 5.76. The number of aromatic nitrogens is 4. The van der Waals surface area contributed by atoms with Gasteiger partial charge in [0.25, 0.3) is 0 Å². The molecule has 7 nitrogen and oxygen atoms in total. The minimum absolute atomic E-state index is 0.295. The Labute approximate surface area is 155 Å². The van der Waals surface area contributed by atoms with Crippen molar-refractivity contribution in [2.45, 2.75) is 38.1 Å². The van der Waals surface area contributed by atoms with Crippen molar-refractivity contribution in [2.24, 2.45) is 5.92 Å². The average Bonchev–Trinajstić information content (AvgIpc) is 3.24. The third kappa shape index (κ3) is 4.02. The molecule has 0 bridgehead atoms. The number of fused-ring (bicyclic) bond motifs is 1. The maximum Gasteiger partial charge on any atom is 0.180 e. The summed E-state index contributed by atoms with van der Waals surface area (Å²) < 4.78 is 0. The zero-order chi connectivity index (χ0) is 18.7. The lowest BCUT2D eigenvalue weighted by Crippen LogP contribution is -2.28. The molecule has 8 heteroatoms. The molecule has 26 heavy (non-hydrogen) atoms. The molecule has 0 amide bonds. The molecule has 1 fully saturated rings. The van der Waals surface area contributed by atoms with Crippen LogP contribution in [-0.2, 0) is 0 Å². The van der Waals surface area contributed by atoms with Gasteiger partial charge in [-0.15, -0.1) is 0 Å². The molecule has 138 valence electrons. The lowest BCUT2D eigenvalue weighted by Gasteiger charge is -2.22. The number of rotatable bonds is 2. The van der Waals surface area contributed by atoms with Crippen LogP contribution in [0.3, 0.4) is 0 Å². The van der Waals surface area contributed by atoms with Crippen molar-refractivity contribution in [2.75, 3.05) is 0 Å². The maximum atomic E-state index is 10.1. The number of halogens is 1. The van der Waals surface area contributed by atoms with Gasteiger partial charge in [0.05, 0.1) is 30.3 Å². The molecule has 1 saturated carbocycles. The fraction of sp³-hybridized carbons (Fsp3) is 0.389. The molecule has 2 aromatic heterocycles. The molecule has 0 saturated heterocycles. The first-order chi connectivity index (χ1) is 12.5. The number of hydrogen-bond acceptors (Lipinski definition) is 6. The summed E-state index contributed by atoms with van der Waals surface area (Å²) in [5.41, 5.74) is 3.31. The Morgan fingerprint density at radius 1 is 1.12 bits per heavy atom. The van der Waals surface area contributed by atoms with Gasteiger partial charge in [-0.25, -0.2) is 15.0 Å². The highest BCUT2D eigenvalue weighted by atomic mass is 35.5. The smallest absolute Gasteiger partial charge is 0.180 e. The number of aliphatic hydroxyl groups excluding tert-OH is 3. The minimum atomic E-state index is -0.842. The zero-order valence-corrected chi connectivity index (χ0v) is 15.0. The lowest BCUT2D eigenvalue weighted by atomic mass is 9.92. The molecule has 1 aliphatic rings. The van der Waals surface area contributed by atoms with Crippen LogP contribution in [-0.4, -0.2) is 47.5 Å². The normalized spacial score (nSPS) is 23.5. The summed E-state index contributed by atoms with van der Waals surface area (Å²) in [6.07, 6.45) is 2.00. The first-order valence-electron chi connectivity index (χ1n) is 8.37.